The summed E-state index contributed by atoms with van der Waals surface area (Å²) in [5.74, 6) is 0.104. The van der Waals surface area contributed by atoms with Crippen LogP contribution >= 0.6 is 11.8 Å². The molecule has 0 unspecified atom stereocenters. The number of fused-ring (bicyclic) bond motifs is 1. The average Bonchev–Trinajstić information content (AvgIpc) is 2.95. The highest BCUT2D eigenvalue weighted by atomic mass is 32.2. The Bertz CT molecular complexity index is 988. The van der Waals surface area contributed by atoms with Crippen molar-refractivity contribution in [3.05, 3.63) is 46.4 Å². The first-order valence-electron chi connectivity index (χ1n) is 7.75. The summed E-state index contributed by atoms with van der Waals surface area (Å²) in [5, 5.41) is 20.3. The predicted molar refractivity (Wildman–Crippen MR) is 93.9 cm³/mol. The van der Waals surface area contributed by atoms with Crippen molar-refractivity contribution in [2.75, 3.05) is 6.61 Å². The second kappa shape index (κ2) is 7.48. The summed E-state index contributed by atoms with van der Waals surface area (Å²) >= 11 is 1.28. The molecule has 134 valence electrons. The van der Waals surface area contributed by atoms with Crippen LogP contribution in [-0.4, -0.2) is 37.2 Å². The molecule has 3 aromatic rings. The molecule has 0 atom stereocenters. The van der Waals surface area contributed by atoms with E-state index < -0.39 is 4.92 Å². The maximum atomic E-state index is 11.6. The van der Waals surface area contributed by atoms with Gasteiger partial charge in [-0.25, -0.2) is 0 Å². The number of hydrogen-bond donors (Lipinski definition) is 0. The number of nitro benzene ring substituents is 1. The van der Waals surface area contributed by atoms with Gasteiger partial charge in [0.05, 0.1) is 22.4 Å². The third-order valence-corrected chi connectivity index (χ3v) is 4.73. The number of benzene rings is 1. The normalized spacial score (nSPS) is 10.8. The van der Waals surface area contributed by atoms with Crippen molar-refractivity contribution in [3.8, 4) is 0 Å². The smallest absolute Gasteiger partial charge is 0.313 e. The first-order chi connectivity index (χ1) is 12.5. The number of esters is 1. The molecule has 0 aliphatic carbocycles. The third-order valence-electron chi connectivity index (χ3n) is 3.64. The van der Waals surface area contributed by atoms with Crippen LogP contribution in [0.3, 0.4) is 0 Å². The van der Waals surface area contributed by atoms with Gasteiger partial charge in [-0.2, -0.15) is 0 Å². The number of carbonyl (C=O) groups excluding carboxylic acids is 1. The van der Waals surface area contributed by atoms with Gasteiger partial charge in [0.1, 0.15) is 12.2 Å². The fourth-order valence-electron chi connectivity index (χ4n) is 2.40. The van der Waals surface area contributed by atoms with Gasteiger partial charge in [-0.1, -0.05) is 0 Å². The number of aromatic nitrogens is 4. The highest BCUT2D eigenvalue weighted by Crippen LogP contribution is 2.35. The van der Waals surface area contributed by atoms with E-state index in [1.165, 1.54) is 17.8 Å². The van der Waals surface area contributed by atoms with Gasteiger partial charge in [0, 0.05) is 24.2 Å². The number of hydrogen-bond acceptors (Lipinski definition) is 8. The van der Waals surface area contributed by atoms with Gasteiger partial charge in [0.2, 0.25) is 0 Å². The Morgan fingerprint density at radius 3 is 2.88 bits per heavy atom. The minimum absolute atomic E-state index is 0.00147. The molecule has 0 N–H and O–H groups in total. The molecule has 26 heavy (non-hydrogen) atoms. The summed E-state index contributed by atoms with van der Waals surface area (Å²) in [6.07, 6.45) is 1.61. The zero-order chi connectivity index (χ0) is 18.7. The predicted octanol–water partition coefficient (Wildman–Crippen LogP) is 2.53. The lowest BCUT2D eigenvalue weighted by Crippen LogP contribution is -2.11. The van der Waals surface area contributed by atoms with Crippen molar-refractivity contribution in [2.24, 2.45) is 7.05 Å². The molecular formula is C16H15N5O4S. The zero-order valence-corrected chi connectivity index (χ0v) is 14.9. The van der Waals surface area contributed by atoms with Gasteiger partial charge in [-0.05, 0) is 36.9 Å². The molecule has 0 fully saturated rings. The lowest BCUT2D eigenvalue weighted by Gasteiger charge is -2.06. The molecular weight excluding hydrogens is 358 g/mol. The van der Waals surface area contributed by atoms with Gasteiger partial charge in [-0.15, -0.1) is 10.2 Å². The number of non-ortho nitro benzene ring substituents is 1. The van der Waals surface area contributed by atoms with Crippen LogP contribution in [0.25, 0.3) is 10.9 Å². The van der Waals surface area contributed by atoms with E-state index in [1.54, 1.807) is 42.9 Å². The molecule has 1 aromatic carbocycles. The van der Waals surface area contributed by atoms with Crippen LogP contribution in [-0.2, 0) is 23.0 Å². The van der Waals surface area contributed by atoms with Crippen molar-refractivity contribution >= 4 is 34.3 Å². The third kappa shape index (κ3) is 3.49. The fourth-order valence-corrected chi connectivity index (χ4v) is 3.32. The Kier molecular flexibility index (Phi) is 5.12. The standard InChI is InChI=1S/C16H15N5O4S/c1-3-25-14(22)9-13-18-19-16(20(13)2)26-12-7-6-11(21(23)24)10-5-4-8-17-15(10)12/h4-8H,3,9H2,1-2H3. The topological polar surface area (TPSA) is 113 Å². The van der Waals surface area contributed by atoms with Gasteiger partial charge < -0.3 is 9.30 Å². The van der Waals surface area contributed by atoms with Crippen LogP contribution in [0.5, 0.6) is 0 Å². The summed E-state index contributed by atoms with van der Waals surface area (Å²) in [4.78, 5) is 27.4. The number of nitrogens with zero attached hydrogens (tertiary/aromatic N) is 5. The van der Waals surface area contributed by atoms with E-state index in [9.17, 15) is 14.9 Å². The Labute approximate surface area is 152 Å². The molecule has 10 heteroatoms. The molecule has 0 aliphatic heterocycles. The van der Waals surface area contributed by atoms with E-state index >= 15 is 0 Å². The van der Waals surface area contributed by atoms with E-state index in [0.717, 1.165) is 0 Å². The molecule has 0 radical (unpaired) electrons. The summed E-state index contributed by atoms with van der Waals surface area (Å²) in [6.45, 7) is 2.04. The Hall–Kier alpha value is -3.01. The summed E-state index contributed by atoms with van der Waals surface area (Å²) in [6, 6.07) is 6.40. The van der Waals surface area contributed by atoms with E-state index in [0.29, 0.717) is 33.4 Å². The summed E-state index contributed by atoms with van der Waals surface area (Å²) in [5.41, 5.74) is 0.514. The maximum Gasteiger partial charge on any atom is 0.313 e. The Morgan fingerprint density at radius 2 is 2.15 bits per heavy atom. The van der Waals surface area contributed by atoms with Crippen LogP contribution in [0.2, 0.25) is 0 Å². The maximum absolute atomic E-state index is 11.6. The molecule has 0 amide bonds. The number of ether oxygens (including phenoxy) is 1. The molecule has 0 saturated heterocycles. The molecule has 0 aliphatic rings. The van der Waals surface area contributed by atoms with E-state index in [4.69, 9.17) is 4.74 Å². The quantitative estimate of drug-likeness (QED) is 0.368. The highest BCUT2D eigenvalue weighted by Gasteiger charge is 2.19. The van der Waals surface area contributed by atoms with Gasteiger partial charge in [-0.3, -0.25) is 19.9 Å². The van der Waals surface area contributed by atoms with Gasteiger partial charge >= 0.3 is 5.97 Å². The lowest BCUT2D eigenvalue weighted by atomic mass is 10.2. The minimum Gasteiger partial charge on any atom is -0.466 e. The number of pyridine rings is 1. The van der Waals surface area contributed by atoms with Crippen LogP contribution in [0.15, 0.2) is 40.5 Å². The molecule has 0 saturated carbocycles. The van der Waals surface area contributed by atoms with E-state index in [2.05, 4.69) is 15.2 Å². The fraction of sp³-hybridized carbons (Fsp3) is 0.250. The Balaban J connectivity index is 1.93. The van der Waals surface area contributed by atoms with Crippen LogP contribution in [0.4, 0.5) is 5.69 Å². The summed E-state index contributed by atoms with van der Waals surface area (Å²) in [7, 11) is 1.75. The largest absolute Gasteiger partial charge is 0.466 e. The zero-order valence-electron chi connectivity index (χ0n) is 14.1. The van der Waals surface area contributed by atoms with Crippen LogP contribution < -0.4 is 0 Å². The van der Waals surface area contributed by atoms with Crippen molar-refractivity contribution in [3.63, 3.8) is 0 Å². The number of rotatable bonds is 6. The van der Waals surface area contributed by atoms with Crippen LogP contribution in [0.1, 0.15) is 12.7 Å². The average molecular weight is 373 g/mol. The first-order valence-corrected chi connectivity index (χ1v) is 8.56. The van der Waals surface area contributed by atoms with E-state index in [1.807, 2.05) is 0 Å². The second-order valence-corrected chi connectivity index (χ2v) is 6.29. The Morgan fingerprint density at radius 1 is 1.35 bits per heavy atom. The van der Waals surface area contributed by atoms with Crippen molar-refractivity contribution in [1.29, 1.82) is 0 Å². The molecule has 2 heterocycles. The minimum atomic E-state index is -0.432. The second-order valence-electron chi connectivity index (χ2n) is 5.28. The lowest BCUT2D eigenvalue weighted by molar-refractivity contribution is -0.383. The highest BCUT2D eigenvalue weighted by molar-refractivity contribution is 7.99. The van der Waals surface area contributed by atoms with Gasteiger partial charge in [0.25, 0.3) is 5.69 Å². The molecule has 9 nitrogen and oxygen atoms in total. The van der Waals surface area contributed by atoms with Crippen LogP contribution in [0, 0.1) is 10.1 Å². The van der Waals surface area contributed by atoms with Crippen molar-refractivity contribution < 1.29 is 14.5 Å². The first kappa shape index (κ1) is 17.8. The van der Waals surface area contributed by atoms with Crippen molar-refractivity contribution in [2.45, 2.75) is 23.4 Å². The number of carbonyl (C=O) groups is 1. The SMILES string of the molecule is CCOC(=O)Cc1nnc(Sc2ccc([N+](=O)[O-])c3cccnc23)n1C. The molecule has 3 rings (SSSR count). The van der Waals surface area contributed by atoms with Gasteiger partial charge in [0.15, 0.2) is 5.16 Å². The summed E-state index contributed by atoms with van der Waals surface area (Å²) < 4.78 is 6.61. The van der Waals surface area contributed by atoms with Crippen molar-refractivity contribution in [1.82, 2.24) is 19.7 Å². The molecule has 2 aromatic heterocycles. The molecule has 0 spiro atoms. The molecule has 0 bridgehead atoms. The van der Waals surface area contributed by atoms with E-state index in [-0.39, 0.29) is 18.1 Å². The number of nitro groups is 1. The monoisotopic (exact) mass is 373 g/mol.